The van der Waals surface area contributed by atoms with E-state index in [1.807, 2.05) is 0 Å². The minimum absolute atomic E-state index is 0.0184. The van der Waals surface area contributed by atoms with E-state index in [0.29, 0.717) is 22.3 Å². The third kappa shape index (κ3) is 4.57. The van der Waals surface area contributed by atoms with Gasteiger partial charge in [0.15, 0.2) is 11.5 Å². The third-order valence-electron chi connectivity index (χ3n) is 3.25. The van der Waals surface area contributed by atoms with Gasteiger partial charge in [-0.2, -0.15) is 4.72 Å². The van der Waals surface area contributed by atoms with Crippen LogP contribution in [0.4, 0.5) is 0 Å². The van der Waals surface area contributed by atoms with Gasteiger partial charge in [-0.15, -0.1) is 0 Å². The number of fused-ring (bicyclic) bond motifs is 1. The zero-order valence-electron chi connectivity index (χ0n) is 13.0. The van der Waals surface area contributed by atoms with Crippen LogP contribution in [0.25, 0.3) is 0 Å². The van der Waals surface area contributed by atoms with E-state index in [4.69, 9.17) is 25.8 Å². The predicted octanol–water partition coefficient (Wildman–Crippen LogP) is 2.43. The van der Waals surface area contributed by atoms with E-state index in [-0.39, 0.29) is 24.8 Å². The molecule has 0 aromatic heterocycles. The minimum Gasteiger partial charge on any atom is -0.481 e. The number of hydrogen-bond acceptors (Lipinski definition) is 5. The molecule has 0 radical (unpaired) electrons. The zero-order chi connectivity index (χ0) is 17.7. The maximum Gasteiger partial charge on any atom is 0.241 e. The van der Waals surface area contributed by atoms with Crippen LogP contribution in [0, 0.1) is 11.8 Å². The molecule has 1 aliphatic heterocycles. The molecule has 1 N–H and O–H groups in total. The summed E-state index contributed by atoms with van der Waals surface area (Å²) in [7, 11) is -3.61. The van der Waals surface area contributed by atoms with Gasteiger partial charge >= 0.3 is 0 Å². The molecule has 0 saturated carbocycles. The Morgan fingerprint density at radius 3 is 2.64 bits per heavy atom. The Morgan fingerprint density at radius 1 is 1.08 bits per heavy atom. The minimum atomic E-state index is -3.61. The van der Waals surface area contributed by atoms with E-state index in [9.17, 15) is 8.42 Å². The highest BCUT2D eigenvalue weighted by molar-refractivity contribution is 7.89. The van der Waals surface area contributed by atoms with Crippen LogP contribution in [0.1, 0.15) is 0 Å². The van der Waals surface area contributed by atoms with Crippen LogP contribution in [-0.2, 0) is 10.0 Å². The van der Waals surface area contributed by atoms with Crippen molar-refractivity contribution in [1.82, 2.24) is 4.72 Å². The zero-order valence-corrected chi connectivity index (χ0v) is 14.6. The van der Waals surface area contributed by atoms with E-state index in [1.54, 1.807) is 18.2 Å². The fourth-order valence-electron chi connectivity index (χ4n) is 2.03. The first-order valence-corrected chi connectivity index (χ1v) is 9.14. The lowest BCUT2D eigenvalue weighted by Gasteiger charge is -2.04. The van der Waals surface area contributed by atoms with E-state index >= 15 is 0 Å². The Balaban J connectivity index is 1.47. The molecule has 0 spiro atoms. The standard InChI is InChI=1S/C17H14ClNO5S/c18-13-3-6-15(7-4-13)25(20,21)19-9-1-2-10-22-14-5-8-16-17(11-14)24-12-23-16/h3-8,11,19H,9-10,12H2. The van der Waals surface area contributed by atoms with Gasteiger partial charge in [-0.05, 0) is 36.4 Å². The maximum atomic E-state index is 12.0. The van der Waals surface area contributed by atoms with Gasteiger partial charge in [-0.25, -0.2) is 8.42 Å². The number of sulfonamides is 1. The average Bonchev–Trinajstić information content (AvgIpc) is 3.06. The van der Waals surface area contributed by atoms with Crippen molar-refractivity contribution in [2.24, 2.45) is 0 Å². The van der Waals surface area contributed by atoms with Crippen molar-refractivity contribution in [3.8, 4) is 29.1 Å². The quantitative estimate of drug-likeness (QED) is 0.808. The number of ether oxygens (including phenoxy) is 3. The summed E-state index contributed by atoms with van der Waals surface area (Å²) in [5, 5.41) is 0.472. The molecule has 25 heavy (non-hydrogen) atoms. The molecule has 0 atom stereocenters. The summed E-state index contributed by atoms with van der Waals surface area (Å²) in [5.74, 6) is 7.34. The number of nitrogens with one attached hydrogen (secondary N) is 1. The molecule has 8 heteroatoms. The van der Waals surface area contributed by atoms with E-state index in [0.717, 1.165) is 0 Å². The molecular formula is C17H14ClNO5S. The van der Waals surface area contributed by atoms with Crippen molar-refractivity contribution in [3.05, 3.63) is 47.5 Å². The normalized spacial score (nSPS) is 12.4. The van der Waals surface area contributed by atoms with Gasteiger partial charge in [0.05, 0.1) is 11.4 Å². The molecule has 2 aromatic rings. The van der Waals surface area contributed by atoms with Gasteiger partial charge < -0.3 is 14.2 Å². The third-order valence-corrected chi connectivity index (χ3v) is 4.92. The topological polar surface area (TPSA) is 73.9 Å². The number of benzene rings is 2. The van der Waals surface area contributed by atoms with Gasteiger partial charge in [-0.3, -0.25) is 0 Å². The highest BCUT2D eigenvalue weighted by Gasteiger charge is 2.13. The molecule has 0 amide bonds. The lowest BCUT2D eigenvalue weighted by atomic mass is 10.3. The van der Waals surface area contributed by atoms with Crippen LogP contribution in [0.15, 0.2) is 47.4 Å². The predicted molar refractivity (Wildman–Crippen MR) is 92.5 cm³/mol. The van der Waals surface area contributed by atoms with Gasteiger partial charge in [0.2, 0.25) is 16.8 Å². The summed E-state index contributed by atoms with van der Waals surface area (Å²) in [4.78, 5) is 0.135. The summed E-state index contributed by atoms with van der Waals surface area (Å²) >= 11 is 5.74. The van der Waals surface area contributed by atoms with Crippen LogP contribution < -0.4 is 18.9 Å². The fraction of sp³-hybridized carbons (Fsp3) is 0.176. The van der Waals surface area contributed by atoms with Gasteiger partial charge in [0, 0.05) is 11.1 Å². The summed E-state index contributed by atoms with van der Waals surface area (Å²) in [6.07, 6.45) is 0. The second kappa shape index (κ2) is 7.66. The lowest BCUT2D eigenvalue weighted by molar-refractivity contribution is 0.174. The second-order valence-corrected chi connectivity index (χ2v) is 7.14. The maximum absolute atomic E-state index is 12.0. The summed E-state index contributed by atoms with van der Waals surface area (Å²) in [6.45, 7) is 0.310. The Hall–Kier alpha value is -2.40. The lowest BCUT2D eigenvalue weighted by Crippen LogP contribution is -2.24. The first kappa shape index (κ1) is 17.4. The molecule has 1 heterocycles. The Kier molecular flexibility index (Phi) is 5.34. The van der Waals surface area contributed by atoms with Crippen molar-refractivity contribution in [1.29, 1.82) is 0 Å². The van der Waals surface area contributed by atoms with E-state index in [1.165, 1.54) is 24.3 Å². The molecular weight excluding hydrogens is 366 g/mol. The number of hydrogen-bond donors (Lipinski definition) is 1. The number of rotatable bonds is 5. The average molecular weight is 380 g/mol. The van der Waals surface area contributed by atoms with E-state index in [2.05, 4.69) is 16.6 Å². The van der Waals surface area contributed by atoms with Gasteiger partial charge in [0.25, 0.3) is 0 Å². The largest absolute Gasteiger partial charge is 0.481 e. The van der Waals surface area contributed by atoms with Crippen LogP contribution in [0.2, 0.25) is 5.02 Å². The molecule has 0 saturated heterocycles. The fourth-order valence-corrected chi connectivity index (χ4v) is 3.08. The Morgan fingerprint density at radius 2 is 1.84 bits per heavy atom. The summed E-state index contributed by atoms with van der Waals surface area (Å²) < 4.78 is 42.4. The van der Waals surface area contributed by atoms with Crippen LogP contribution in [0.3, 0.4) is 0 Å². The molecule has 0 aliphatic carbocycles. The SMILES string of the molecule is O=S(=O)(NCC#CCOc1ccc2c(c1)OCO2)c1ccc(Cl)cc1. The first-order chi connectivity index (χ1) is 12.0. The molecule has 3 rings (SSSR count). The van der Waals surface area contributed by atoms with Crippen molar-refractivity contribution < 1.29 is 22.6 Å². The van der Waals surface area contributed by atoms with Crippen molar-refractivity contribution in [2.75, 3.05) is 19.9 Å². The van der Waals surface area contributed by atoms with Crippen LogP contribution in [0.5, 0.6) is 17.2 Å². The van der Waals surface area contributed by atoms with Crippen molar-refractivity contribution in [3.63, 3.8) is 0 Å². The summed E-state index contributed by atoms with van der Waals surface area (Å²) in [5.41, 5.74) is 0. The van der Waals surface area contributed by atoms with E-state index < -0.39 is 10.0 Å². The van der Waals surface area contributed by atoms with Crippen molar-refractivity contribution >= 4 is 21.6 Å². The number of halogens is 1. The molecule has 6 nitrogen and oxygen atoms in total. The monoisotopic (exact) mass is 379 g/mol. The Bertz CT molecular complexity index is 916. The second-order valence-electron chi connectivity index (χ2n) is 4.94. The van der Waals surface area contributed by atoms with Gasteiger partial charge in [0.1, 0.15) is 12.4 Å². The molecule has 0 fully saturated rings. The Labute approximate surface area is 150 Å². The smallest absolute Gasteiger partial charge is 0.241 e. The molecule has 2 aromatic carbocycles. The summed E-state index contributed by atoms with van der Waals surface area (Å²) in [6, 6.07) is 11.1. The highest BCUT2D eigenvalue weighted by Crippen LogP contribution is 2.34. The van der Waals surface area contributed by atoms with Gasteiger partial charge in [-0.1, -0.05) is 23.4 Å². The molecule has 0 bridgehead atoms. The molecule has 130 valence electrons. The molecule has 0 unspecified atom stereocenters. The first-order valence-electron chi connectivity index (χ1n) is 7.28. The van der Waals surface area contributed by atoms with Crippen LogP contribution in [-0.4, -0.2) is 28.4 Å². The molecule has 1 aliphatic rings. The highest BCUT2D eigenvalue weighted by atomic mass is 35.5. The van der Waals surface area contributed by atoms with Crippen LogP contribution >= 0.6 is 11.6 Å². The van der Waals surface area contributed by atoms with Crippen molar-refractivity contribution in [2.45, 2.75) is 4.90 Å².